The van der Waals surface area contributed by atoms with E-state index in [1.165, 1.54) is 0 Å². The predicted molar refractivity (Wildman–Crippen MR) is 54.4 cm³/mol. The highest BCUT2D eigenvalue weighted by molar-refractivity contribution is 7.10. The van der Waals surface area contributed by atoms with Crippen LogP contribution in [0.3, 0.4) is 0 Å². The van der Waals surface area contributed by atoms with E-state index in [0.717, 1.165) is 11.5 Å². The SMILES string of the molecule is OCCN(CCO)Cc1nnsc1Cl. The zero-order valence-electron chi connectivity index (χ0n) is 7.56. The van der Waals surface area contributed by atoms with Crippen LogP contribution in [0.2, 0.25) is 4.34 Å². The zero-order chi connectivity index (χ0) is 10.4. The Morgan fingerprint density at radius 3 is 2.36 bits per heavy atom. The molecular formula is C7H12ClN3O2S. The number of hydrogen-bond acceptors (Lipinski definition) is 6. The van der Waals surface area contributed by atoms with E-state index in [9.17, 15) is 0 Å². The number of hydrogen-bond donors (Lipinski definition) is 2. The van der Waals surface area contributed by atoms with E-state index >= 15 is 0 Å². The van der Waals surface area contributed by atoms with Crippen molar-refractivity contribution in [1.29, 1.82) is 0 Å². The van der Waals surface area contributed by atoms with Crippen LogP contribution in [0.15, 0.2) is 0 Å². The molecule has 0 aliphatic heterocycles. The Morgan fingerprint density at radius 1 is 1.29 bits per heavy atom. The monoisotopic (exact) mass is 237 g/mol. The van der Waals surface area contributed by atoms with Crippen LogP contribution in [0.25, 0.3) is 0 Å². The minimum Gasteiger partial charge on any atom is -0.395 e. The van der Waals surface area contributed by atoms with E-state index in [1.807, 2.05) is 4.90 Å². The predicted octanol–water partition coefficient (Wildman–Crippen LogP) is -0.0219. The Labute approximate surface area is 91.1 Å². The maximum atomic E-state index is 8.77. The molecular weight excluding hydrogens is 226 g/mol. The highest BCUT2D eigenvalue weighted by atomic mass is 35.5. The van der Waals surface area contributed by atoms with Crippen molar-refractivity contribution < 1.29 is 10.2 Å². The third kappa shape index (κ3) is 3.47. The fraction of sp³-hybridized carbons (Fsp3) is 0.714. The molecule has 0 aliphatic rings. The van der Waals surface area contributed by atoms with E-state index in [0.29, 0.717) is 29.7 Å². The van der Waals surface area contributed by atoms with Gasteiger partial charge in [-0.15, -0.1) is 5.10 Å². The molecule has 1 aromatic rings. The third-order valence-electron chi connectivity index (χ3n) is 1.72. The first-order valence-corrected chi connectivity index (χ1v) is 5.34. The quantitative estimate of drug-likeness (QED) is 0.728. The lowest BCUT2D eigenvalue weighted by atomic mass is 10.4. The van der Waals surface area contributed by atoms with Crippen molar-refractivity contribution in [3.05, 3.63) is 10.0 Å². The van der Waals surface area contributed by atoms with Gasteiger partial charge in [-0.1, -0.05) is 16.1 Å². The molecule has 0 atom stereocenters. The number of rotatable bonds is 6. The lowest BCUT2D eigenvalue weighted by molar-refractivity contribution is 0.154. The van der Waals surface area contributed by atoms with Crippen molar-refractivity contribution in [2.45, 2.75) is 6.54 Å². The van der Waals surface area contributed by atoms with Crippen molar-refractivity contribution in [3.63, 3.8) is 0 Å². The first-order valence-electron chi connectivity index (χ1n) is 4.18. The molecule has 0 unspecified atom stereocenters. The van der Waals surface area contributed by atoms with Gasteiger partial charge in [0.05, 0.1) is 13.2 Å². The van der Waals surface area contributed by atoms with Gasteiger partial charge in [0.15, 0.2) is 0 Å². The van der Waals surface area contributed by atoms with E-state index < -0.39 is 0 Å². The second kappa shape index (κ2) is 6.26. The van der Waals surface area contributed by atoms with E-state index in [4.69, 9.17) is 21.8 Å². The first-order chi connectivity index (χ1) is 6.77. The maximum Gasteiger partial charge on any atom is 0.138 e. The molecule has 0 spiro atoms. The second-order valence-electron chi connectivity index (χ2n) is 2.72. The highest BCUT2D eigenvalue weighted by Gasteiger charge is 2.10. The number of halogens is 1. The molecule has 0 amide bonds. The fourth-order valence-electron chi connectivity index (χ4n) is 1.06. The molecule has 0 aromatic carbocycles. The Morgan fingerprint density at radius 2 is 1.93 bits per heavy atom. The minimum atomic E-state index is 0.0508. The normalized spacial score (nSPS) is 11.1. The molecule has 0 saturated heterocycles. The smallest absolute Gasteiger partial charge is 0.138 e. The lowest BCUT2D eigenvalue weighted by Crippen LogP contribution is -2.29. The standard InChI is InChI=1S/C7H12ClN3O2S/c8-7-6(9-10-14-7)5-11(1-3-12)2-4-13/h12-13H,1-5H2. The van der Waals surface area contributed by atoms with Crippen LogP contribution in [0.4, 0.5) is 0 Å². The van der Waals surface area contributed by atoms with Gasteiger partial charge >= 0.3 is 0 Å². The molecule has 1 heterocycles. The zero-order valence-corrected chi connectivity index (χ0v) is 9.13. The molecule has 0 aliphatic carbocycles. The van der Waals surface area contributed by atoms with Gasteiger partial charge in [0.1, 0.15) is 10.0 Å². The average molecular weight is 238 g/mol. The number of aliphatic hydroxyl groups excluding tert-OH is 2. The average Bonchev–Trinajstić information content (AvgIpc) is 2.53. The topological polar surface area (TPSA) is 69.5 Å². The van der Waals surface area contributed by atoms with Crippen LogP contribution in [-0.4, -0.2) is 51.0 Å². The van der Waals surface area contributed by atoms with Crippen molar-refractivity contribution in [3.8, 4) is 0 Å². The third-order valence-corrected chi connectivity index (χ3v) is 2.70. The molecule has 7 heteroatoms. The van der Waals surface area contributed by atoms with Gasteiger partial charge in [0.25, 0.3) is 0 Å². The van der Waals surface area contributed by atoms with Crippen LogP contribution >= 0.6 is 23.1 Å². The molecule has 14 heavy (non-hydrogen) atoms. The number of aliphatic hydroxyl groups is 2. The summed E-state index contributed by atoms with van der Waals surface area (Å²) in [5, 5.41) is 21.4. The van der Waals surface area contributed by atoms with Crippen molar-refractivity contribution in [2.75, 3.05) is 26.3 Å². The molecule has 2 N–H and O–H groups in total. The second-order valence-corrected chi connectivity index (χ2v) is 4.07. The van der Waals surface area contributed by atoms with Crippen molar-refractivity contribution in [1.82, 2.24) is 14.5 Å². The van der Waals surface area contributed by atoms with E-state index in [-0.39, 0.29) is 13.2 Å². The lowest BCUT2D eigenvalue weighted by Gasteiger charge is -2.18. The number of nitrogens with zero attached hydrogens (tertiary/aromatic N) is 3. The molecule has 0 bridgehead atoms. The van der Waals surface area contributed by atoms with Crippen LogP contribution in [0.1, 0.15) is 5.69 Å². The maximum absolute atomic E-state index is 8.77. The molecule has 0 fully saturated rings. The van der Waals surface area contributed by atoms with Crippen LogP contribution in [0, 0.1) is 0 Å². The largest absolute Gasteiger partial charge is 0.395 e. The summed E-state index contributed by atoms with van der Waals surface area (Å²) in [5.41, 5.74) is 0.693. The Balaban J connectivity index is 2.50. The minimum absolute atomic E-state index is 0.0508. The van der Waals surface area contributed by atoms with Gasteiger partial charge in [-0.2, -0.15) is 0 Å². The van der Waals surface area contributed by atoms with Gasteiger partial charge in [-0.3, -0.25) is 4.90 Å². The molecule has 80 valence electrons. The summed E-state index contributed by atoms with van der Waals surface area (Å²) in [6.45, 7) is 1.60. The summed E-state index contributed by atoms with van der Waals surface area (Å²) in [7, 11) is 0. The van der Waals surface area contributed by atoms with Gasteiger partial charge in [-0.05, 0) is 0 Å². The summed E-state index contributed by atoms with van der Waals surface area (Å²) in [6, 6.07) is 0. The van der Waals surface area contributed by atoms with Crippen molar-refractivity contribution >= 4 is 23.1 Å². The first kappa shape index (κ1) is 11.8. The van der Waals surface area contributed by atoms with Crippen LogP contribution in [-0.2, 0) is 6.54 Å². The van der Waals surface area contributed by atoms with Crippen LogP contribution < -0.4 is 0 Å². The van der Waals surface area contributed by atoms with Gasteiger partial charge in [0.2, 0.25) is 0 Å². The Hall–Kier alpha value is -0.270. The van der Waals surface area contributed by atoms with Gasteiger partial charge in [-0.25, -0.2) is 0 Å². The molecule has 5 nitrogen and oxygen atoms in total. The summed E-state index contributed by atoms with van der Waals surface area (Å²) in [4.78, 5) is 1.86. The summed E-state index contributed by atoms with van der Waals surface area (Å²) in [5.74, 6) is 0. The highest BCUT2D eigenvalue weighted by Crippen LogP contribution is 2.18. The fourth-order valence-corrected chi connectivity index (χ4v) is 1.67. The summed E-state index contributed by atoms with van der Waals surface area (Å²) >= 11 is 6.96. The van der Waals surface area contributed by atoms with Gasteiger partial charge in [0, 0.05) is 31.2 Å². The van der Waals surface area contributed by atoms with E-state index in [1.54, 1.807) is 0 Å². The Kier molecular flexibility index (Phi) is 5.28. The molecule has 1 aromatic heterocycles. The number of aromatic nitrogens is 2. The summed E-state index contributed by atoms with van der Waals surface area (Å²) < 4.78 is 4.26. The molecule has 0 saturated carbocycles. The van der Waals surface area contributed by atoms with Crippen LogP contribution in [0.5, 0.6) is 0 Å². The summed E-state index contributed by atoms with van der Waals surface area (Å²) in [6.07, 6.45) is 0. The van der Waals surface area contributed by atoms with E-state index in [2.05, 4.69) is 9.59 Å². The van der Waals surface area contributed by atoms with Gasteiger partial charge < -0.3 is 10.2 Å². The van der Waals surface area contributed by atoms with Crippen molar-refractivity contribution in [2.24, 2.45) is 0 Å². The Bertz CT molecular complexity index is 265. The molecule has 0 radical (unpaired) electrons. The molecule has 1 rings (SSSR count).